The number of nitrogens with zero attached hydrogens (tertiary/aromatic N) is 1. The molecule has 0 aliphatic rings. The predicted octanol–water partition coefficient (Wildman–Crippen LogP) is 2.71. The monoisotopic (exact) mass is 241 g/mol. The number of hydrogen-bond donors (Lipinski definition) is 1. The molecule has 1 aromatic rings. The smallest absolute Gasteiger partial charge is 0.147 e. The summed E-state index contributed by atoms with van der Waals surface area (Å²) in [5.41, 5.74) is -0.0427. The number of rotatable bonds is 4. The van der Waals surface area contributed by atoms with E-state index in [4.69, 9.17) is 4.74 Å². The number of ether oxygens (including phenoxy) is 1. The van der Waals surface area contributed by atoms with Crippen LogP contribution in [-0.4, -0.2) is 22.8 Å². The fraction of sp³-hybridized carbons (Fsp3) is 0.615. The van der Waals surface area contributed by atoms with Crippen LogP contribution in [0.5, 0.6) is 0 Å². The first-order valence-electron chi connectivity index (χ1n) is 5.77. The van der Waals surface area contributed by atoms with Gasteiger partial charge in [0.05, 0.1) is 12.3 Å². The van der Waals surface area contributed by atoms with Crippen molar-refractivity contribution in [2.75, 3.05) is 6.61 Å². The van der Waals surface area contributed by atoms with Crippen molar-refractivity contribution in [2.45, 2.75) is 39.9 Å². The summed E-state index contributed by atoms with van der Waals surface area (Å²) in [4.78, 5) is 3.67. The Balaban J connectivity index is 3.00. The molecule has 0 fully saturated rings. The second-order valence-corrected chi connectivity index (χ2v) is 5.08. The molecule has 1 heterocycles. The van der Waals surface area contributed by atoms with E-state index in [2.05, 4.69) is 4.98 Å². The molecule has 1 rings (SSSR count). The van der Waals surface area contributed by atoms with E-state index >= 15 is 0 Å². The van der Waals surface area contributed by atoms with E-state index in [1.165, 1.54) is 12.3 Å². The van der Waals surface area contributed by atoms with Gasteiger partial charge in [-0.25, -0.2) is 4.39 Å². The second kappa shape index (κ2) is 5.56. The first kappa shape index (κ1) is 14.1. The normalized spacial score (nSPS) is 15.6. The third-order valence-electron chi connectivity index (χ3n) is 2.61. The maximum Gasteiger partial charge on any atom is 0.147 e. The third kappa shape index (κ3) is 3.48. The molecule has 0 saturated carbocycles. The number of aromatic nitrogens is 1. The van der Waals surface area contributed by atoms with Crippen LogP contribution in [-0.2, 0) is 4.74 Å². The number of hydrogen-bond acceptors (Lipinski definition) is 3. The van der Waals surface area contributed by atoms with Gasteiger partial charge in [0.2, 0.25) is 0 Å². The zero-order valence-electron chi connectivity index (χ0n) is 10.8. The van der Waals surface area contributed by atoms with Crippen molar-refractivity contribution in [3.05, 3.63) is 29.8 Å². The van der Waals surface area contributed by atoms with E-state index in [9.17, 15) is 9.50 Å². The quantitative estimate of drug-likeness (QED) is 0.881. The first-order valence-corrected chi connectivity index (χ1v) is 5.77. The van der Waals surface area contributed by atoms with Crippen LogP contribution in [0.1, 0.15) is 39.4 Å². The molecule has 96 valence electrons. The topological polar surface area (TPSA) is 42.4 Å². The fourth-order valence-electron chi connectivity index (χ4n) is 1.78. The van der Waals surface area contributed by atoms with Gasteiger partial charge in [0, 0.05) is 18.4 Å². The Morgan fingerprint density at radius 1 is 1.47 bits per heavy atom. The van der Waals surface area contributed by atoms with Crippen LogP contribution in [0.4, 0.5) is 4.39 Å². The molecule has 0 aliphatic heterocycles. The minimum absolute atomic E-state index is 0.230. The molecule has 2 unspecified atom stereocenters. The zero-order chi connectivity index (χ0) is 13.1. The number of aliphatic hydroxyl groups excluding tert-OH is 1. The summed E-state index contributed by atoms with van der Waals surface area (Å²) >= 11 is 0. The minimum Gasteiger partial charge on any atom is -0.386 e. The molecular weight excluding hydrogens is 221 g/mol. The molecule has 0 radical (unpaired) electrons. The summed E-state index contributed by atoms with van der Waals surface area (Å²) in [5.74, 6) is -0.506. The van der Waals surface area contributed by atoms with E-state index in [1.54, 1.807) is 0 Å². The maximum atomic E-state index is 13.6. The number of aliphatic hydroxyl groups is 1. The number of pyridine rings is 1. The molecule has 0 saturated heterocycles. The molecule has 0 aromatic carbocycles. The molecule has 1 N–H and O–H groups in total. The van der Waals surface area contributed by atoms with Crippen LogP contribution in [0.25, 0.3) is 0 Å². The van der Waals surface area contributed by atoms with Crippen LogP contribution in [0.15, 0.2) is 18.5 Å². The van der Waals surface area contributed by atoms with Gasteiger partial charge in [0.15, 0.2) is 0 Å². The van der Waals surface area contributed by atoms with Crippen molar-refractivity contribution in [3.63, 3.8) is 0 Å². The van der Waals surface area contributed by atoms with Crippen LogP contribution < -0.4 is 0 Å². The summed E-state index contributed by atoms with van der Waals surface area (Å²) in [7, 11) is 0. The Morgan fingerprint density at radius 3 is 2.59 bits per heavy atom. The summed E-state index contributed by atoms with van der Waals surface area (Å²) in [5, 5.41) is 10.2. The molecular formula is C13H20FNO2. The van der Waals surface area contributed by atoms with Gasteiger partial charge >= 0.3 is 0 Å². The molecule has 17 heavy (non-hydrogen) atoms. The molecule has 2 atom stereocenters. The largest absolute Gasteiger partial charge is 0.386 e. The highest BCUT2D eigenvalue weighted by Crippen LogP contribution is 2.33. The Morgan fingerprint density at radius 2 is 2.12 bits per heavy atom. The highest BCUT2D eigenvalue weighted by atomic mass is 19.1. The molecule has 0 amide bonds. The van der Waals surface area contributed by atoms with E-state index in [1.807, 2.05) is 27.7 Å². The van der Waals surface area contributed by atoms with Crippen molar-refractivity contribution < 1.29 is 14.2 Å². The predicted molar refractivity (Wildman–Crippen MR) is 64.0 cm³/mol. The Bertz CT molecular complexity index is 363. The average Bonchev–Trinajstić information content (AvgIpc) is 2.24. The van der Waals surface area contributed by atoms with Crippen LogP contribution >= 0.6 is 0 Å². The van der Waals surface area contributed by atoms with E-state index in [-0.39, 0.29) is 11.0 Å². The minimum atomic E-state index is -0.988. The fourth-order valence-corrected chi connectivity index (χ4v) is 1.78. The first-order chi connectivity index (χ1) is 7.88. The highest BCUT2D eigenvalue weighted by molar-refractivity contribution is 5.17. The van der Waals surface area contributed by atoms with Gasteiger partial charge in [0.25, 0.3) is 0 Å². The van der Waals surface area contributed by atoms with E-state index in [0.29, 0.717) is 6.61 Å². The Hall–Kier alpha value is -1.00. The molecule has 4 heteroatoms. The van der Waals surface area contributed by atoms with Crippen LogP contribution in [0.2, 0.25) is 0 Å². The van der Waals surface area contributed by atoms with Crippen molar-refractivity contribution in [1.82, 2.24) is 4.98 Å². The molecule has 1 aromatic heterocycles. The molecule has 3 nitrogen and oxygen atoms in total. The van der Waals surface area contributed by atoms with E-state index in [0.717, 1.165) is 6.20 Å². The lowest BCUT2D eigenvalue weighted by Crippen LogP contribution is -2.35. The highest BCUT2D eigenvalue weighted by Gasteiger charge is 2.34. The van der Waals surface area contributed by atoms with Crippen molar-refractivity contribution in [3.8, 4) is 0 Å². The molecule has 0 spiro atoms. The number of halogens is 1. The summed E-state index contributed by atoms with van der Waals surface area (Å²) in [6.45, 7) is 8.20. The van der Waals surface area contributed by atoms with Gasteiger partial charge in [-0.1, -0.05) is 20.8 Å². The van der Waals surface area contributed by atoms with Gasteiger partial charge in [0.1, 0.15) is 11.9 Å². The lowest BCUT2D eigenvalue weighted by atomic mass is 9.83. The van der Waals surface area contributed by atoms with Crippen molar-refractivity contribution in [1.29, 1.82) is 0 Å². The Labute approximate surface area is 102 Å². The van der Waals surface area contributed by atoms with Gasteiger partial charge < -0.3 is 9.84 Å². The average molecular weight is 241 g/mol. The summed E-state index contributed by atoms with van der Waals surface area (Å²) < 4.78 is 19.1. The van der Waals surface area contributed by atoms with E-state index < -0.39 is 18.0 Å². The van der Waals surface area contributed by atoms with Crippen molar-refractivity contribution in [2.24, 2.45) is 5.41 Å². The summed E-state index contributed by atoms with van der Waals surface area (Å²) in [6, 6.07) is 1.48. The Kier molecular flexibility index (Phi) is 4.60. The molecule has 0 bridgehead atoms. The van der Waals surface area contributed by atoms with Crippen LogP contribution in [0, 0.1) is 11.2 Å². The van der Waals surface area contributed by atoms with Crippen LogP contribution in [0.3, 0.4) is 0 Å². The maximum absolute atomic E-state index is 13.6. The molecule has 0 aliphatic carbocycles. The van der Waals surface area contributed by atoms with Gasteiger partial charge in [-0.05, 0) is 18.4 Å². The second-order valence-electron chi connectivity index (χ2n) is 5.08. The van der Waals surface area contributed by atoms with Crippen molar-refractivity contribution >= 4 is 0 Å². The summed E-state index contributed by atoms with van der Waals surface area (Å²) in [6.07, 6.45) is 1.12. The standard InChI is InChI=1S/C13H20FNO2/c1-5-17-12(13(2,3)4)11(16)9-6-7-15-8-10(9)14/h6-8,11-12,16H,5H2,1-4H3. The zero-order valence-corrected chi connectivity index (χ0v) is 10.8. The lowest BCUT2D eigenvalue weighted by Gasteiger charge is -2.34. The van der Waals surface area contributed by atoms with Gasteiger partial charge in [-0.15, -0.1) is 0 Å². The lowest BCUT2D eigenvalue weighted by molar-refractivity contribution is -0.0909. The van der Waals surface area contributed by atoms with Gasteiger partial charge in [-0.3, -0.25) is 4.98 Å². The van der Waals surface area contributed by atoms with Gasteiger partial charge in [-0.2, -0.15) is 0 Å². The SMILES string of the molecule is CCOC(C(O)c1ccncc1F)C(C)(C)C. The third-order valence-corrected chi connectivity index (χ3v) is 2.61.